The highest BCUT2D eigenvalue weighted by atomic mass is 32.1. The van der Waals surface area contributed by atoms with Crippen LogP contribution in [-0.4, -0.2) is 90.6 Å². The zero-order valence-corrected chi connectivity index (χ0v) is 35.9. The van der Waals surface area contributed by atoms with Gasteiger partial charge in [0.2, 0.25) is 5.78 Å². The molecule has 1 spiro atoms. The molecule has 5 fully saturated rings. The predicted molar refractivity (Wildman–Crippen MR) is 225 cm³/mol. The van der Waals surface area contributed by atoms with Crippen LogP contribution in [-0.2, 0) is 20.8 Å². The van der Waals surface area contributed by atoms with Crippen LogP contribution in [0.15, 0.2) is 48.7 Å². The zero-order valence-electron chi connectivity index (χ0n) is 35.1. The van der Waals surface area contributed by atoms with E-state index in [9.17, 15) is 14.7 Å². The maximum Gasteiger partial charge on any atom is 0.355 e. The van der Waals surface area contributed by atoms with E-state index in [0.717, 1.165) is 67.6 Å². The molecule has 6 unspecified atom stereocenters. The van der Waals surface area contributed by atoms with E-state index in [1.165, 1.54) is 17.8 Å². The number of nitrogens with zero attached hydrogens (tertiary/aromatic N) is 6. The summed E-state index contributed by atoms with van der Waals surface area (Å²) in [4.78, 5) is 35.4. The number of rotatable bonds is 15. The fraction of sp³-hybridized carbons (Fsp3) is 0.533. The Hall–Kier alpha value is -4.67. The lowest BCUT2D eigenvalue weighted by atomic mass is 9.21. The molecule has 0 amide bonds. The topological polar surface area (TPSA) is 176 Å². The Morgan fingerprint density at radius 1 is 0.950 bits per heavy atom. The van der Waals surface area contributed by atoms with E-state index in [0.29, 0.717) is 46.3 Å². The molecule has 5 heterocycles. The Morgan fingerprint density at radius 3 is 2.52 bits per heavy atom. The van der Waals surface area contributed by atoms with Gasteiger partial charge in [-0.05, 0) is 125 Å². The molecule has 5 aromatic rings. The number of aromatic nitrogens is 6. The lowest BCUT2D eigenvalue weighted by Crippen LogP contribution is -2.78. The molecule has 1 aliphatic heterocycles. The minimum atomic E-state index is -1.23. The number of fused-ring (bicyclic) bond motifs is 2. The van der Waals surface area contributed by atoms with Gasteiger partial charge in [-0.3, -0.25) is 9.48 Å². The van der Waals surface area contributed by atoms with E-state index in [1.54, 1.807) is 24.4 Å². The number of carbonyl (C=O) groups excluding carboxylic acids is 1. The summed E-state index contributed by atoms with van der Waals surface area (Å²) in [5.41, 5.74) is 3.96. The van der Waals surface area contributed by atoms with Crippen LogP contribution in [0.2, 0.25) is 0 Å². The number of pyridine rings is 1. The largest absolute Gasteiger partial charge is 0.476 e. The molecule has 60 heavy (non-hydrogen) atoms. The first-order chi connectivity index (χ1) is 28.6. The number of ether oxygens (including phenoxy) is 3. The summed E-state index contributed by atoms with van der Waals surface area (Å²) in [6, 6.07) is 12.7. The molecule has 6 atom stereocenters. The number of hydrogen-bond donors (Lipinski definition) is 3. The number of carbonyl (C=O) groups is 2. The van der Waals surface area contributed by atoms with Crippen molar-refractivity contribution in [1.29, 1.82) is 0 Å². The quantitative estimate of drug-likeness (QED) is 0.0699. The number of nitrogens with one attached hydrogen (secondary N) is 2. The van der Waals surface area contributed by atoms with Crippen molar-refractivity contribution >= 4 is 44.3 Å². The summed E-state index contributed by atoms with van der Waals surface area (Å²) >= 11 is 1.49. The van der Waals surface area contributed by atoms with Crippen LogP contribution >= 0.6 is 11.3 Å². The third-order valence-corrected chi connectivity index (χ3v) is 15.7. The van der Waals surface area contributed by atoms with Gasteiger partial charge in [0, 0.05) is 35.3 Å². The number of aryl methyl sites for hydroxylation is 1. The number of ketones is 1. The second-order valence-electron chi connectivity index (χ2n) is 19.1. The standard InChI is InChI=1S/C45H52N8O6S/c1-26-17-33(51-52-37(26)50-39-49-31-9-7-8-10-34(31)60-39)36(54)32-12-11-29(35(48-32)38(55)56)30-18-47-53(27(30)2)25-43-21-41(5)20-42(6)22-44(23-43,24-45(41,42)43)57-16-15-46-14-13-28-19-58-40(3,4)59-28/h7-12,17-18,28,46H,13-16,19-25H2,1-6H3,(H,55,56)(H,49,50,52). The summed E-state index contributed by atoms with van der Waals surface area (Å²) in [6.45, 7) is 16.4. The SMILES string of the molecule is Cc1cc(C(=O)c2ccc(-c3cnn(CC45CC6(OCCNCCC7COC(C)(C)O7)CC7(C)CC(C)(C4)C75C6)c3C)c(C(=O)O)n2)nnc1Nc1nc2ccccc2s1. The van der Waals surface area contributed by atoms with Gasteiger partial charge in [-0.25, -0.2) is 14.8 Å². The smallest absolute Gasteiger partial charge is 0.355 e. The number of para-hydroxylation sites is 1. The van der Waals surface area contributed by atoms with Crippen LogP contribution in [0, 0.1) is 35.5 Å². The van der Waals surface area contributed by atoms with Gasteiger partial charge in [0.05, 0.1) is 41.3 Å². The fourth-order valence-corrected chi connectivity index (χ4v) is 14.0. The van der Waals surface area contributed by atoms with Gasteiger partial charge in [0.15, 0.2) is 22.4 Å². The van der Waals surface area contributed by atoms with Crippen molar-refractivity contribution in [3.63, 3.8) is 0 Å². The van der Waals surface area contributed by atoms with Crippen LogP contribution in [0.1, 0.15) is 104 Å². The summed E-state index contributed by atoms with van der Waals surface area (Å²) in [5.74, 6) is -1.77. The van der Waals surface area contributed by atoms with Crippen molar-refractivity contribution in [3.05, 3.63) is 77.0 Å². The molecule has 1 aromatic carbocycles. The molecule has 3 N–H and O–H groups in total. The van der Waals surface area contributed by atoms with Crippen LogP contribution < -0.4 is 10.6 Å². The van der Waals surface area contributed by atoms with E-state index in [4.69, 9.17) is 19.3 Å². The Morgan fingerprint density at radius 2 is 1.77 bits per heavy atom. The van der Waals surface area contributed by atoms with Crippen molar-refractivity contribution < 1.29 is 28.9 Å². The lowest BCUT2D eigenvalue weighted by molar-refractivity contribution is -0.358. The van der Waals surface area contributed by atoms with Crippen molar-refractivity contribution in [3.8, 4) is 11.1 Å². The van der Waals surface area contributed by atoms with Gasteiger partial charge in [-0.15, -0.1) is 10.2 Å². The highest BCUT2D eigenvalue weighted by molar-refractivity contribution is 7.22. The monoisotopic (exact) mass is 832 g/mol. The molecule has 5 aliphatic rings. The Labute approximate surface area is 352 Å². The van der Waals surface area contributed by atoms with Crippen LogP contribution in [0.3, 0.4) is 0 Å². The molecule has 0 radical (unpaired) electrons. The second-order valence-corrected chi connectivity index (χ2v) is 20.1. The number of anilines is 2. The van der Waals surface area contributed by atoms with Crippen LogP contribution in [0.4, 0.5) is 10.9 Å². The minimum Gasteiger partial charge on any atom is -0.476 e. The van der Waals surface area contributed by atoms with E-state index >= 15 is 0 Å². The van der Waals surface area contributed by atoms with Crippen molar-refractivity contribution in [2.75, 3.05) is 31.6 Å². The maximum absolute atomic E-state index is 13.7. The summed E-state index contributed by atoms with van der Waals surface area (Å²) < 4.78 is 21.7. The molecular weight excluding hydrogens is 781 g/mol. The highest BCUT2D eigenvalue weighted by Crippen LogP contribution is 2.97. The van der Waals surface area contributed by atoms with Gasteiger partial charge in [-0.1, -0.05) is 37.3 Å². The van der Waals surface area contributed by atoms with Gasteiger partial charge in [-0.2, -0.15) is 5.10 Å². The summed E-state index contributed by atoms with van der Waals surface area (Å²) in [6.07, 6.45) is 8.31. The van der Waals surface area contributed by atoms with Gasteiger partial charge >= 0.3 is 5.97 Å². The van der Waals surface area contributed by atoms with Gasteiger partial charge < -0.3 is 30.0 Å². The first-order valence-electron chi connectivity index (χ1n) is 21.0. The van der Waals surface area contributed by atoms with Crippen LogP contribution in [0.25, 0.3) is 21.3 Å². The predicted octanol–water partition coefficient (Wildman–Crippen LogP) is 7.51. The molecule has 1 saturated heterocycles. The number of carboxylic acids is 1. The minimum absolute atomic E-state index is 0.0262. The molecule has 4 aromatic heterocycles. The zero-order chi connectivity index (χ0) is 41.9. The second kappa shape index (κ2) is 13.7. The number of aromatic carboxylic acids is 1. The van der Waals surface area contributed by atoms with Crippen molar-refractivity contribution in [2.24, 2.45) is 21.7 Å². The lowest BCUT2D eigenvalue weighted by Gasteiger charge is -2.83. The van der Waals surface area contributed by atoms with Crippen LogP contribution in [0.5, 0.6) is 0 Å². The third-order valence-electron chi connectivity index (χ3n) is 14.7. The highest BCUT2D eigenvalue weighted by Gasteiger charge is 2.92. The molecule has 14 nitrogen and oxygen atoms in total. The average molecular weight is 833 g/mol. The van der Waals surface area contributed by atoms with Crippen molar-refractivity contribution in [1.82, 2.24) is 35.3 Å². The average Bonchev–Trinajstić information content (AvgIpc) is 3.98. The first-order valence-corrected chi connectivity index (χ1v) is 21.8. The number of benzene rings is 1. The first kappa shape index (κ1) is 39.5. The normalized spacial score (nSPS) is 30.6. The maximum atomic E-state index is 13.7. The van der Waals surface area contributed by atoms with Crippen molar-refractivity contribution in [2.45, 2.75) is 104 Å². The molecule has 15 heteroatoms. The van der Waals surface area contributed by atoms with E-state index in [-0.39, 0.29) is 45.0 Å². The molecule has 314 valence electrons. The molecule has 2 bridgehead atoms. The number of hydrogen-bond acceptors (Lipinski definition) is 13. The van der Waals surface area contributed by atoms with Gasteiger partial charge in [0.25, 0.3) is 0 Å². The molecular formula is C45H52N8O6S. The number of thiazole rings is 1. The Kier molecular flexibility index (Phi) is 8.99. The van der Waals surface area contributed by atoms with Gasteiger partial charge in [0.1, 0.15) is 11.4 Å². The summed E-state index contributed by atoms with van der Waals surface area (Å²) in [7, 11) is 0. The Bertz CT molecular complexity index is 2540. The van der Waals surface area contributed by atoms with E-state index in [1.807, 2.05) is 52.0 Å². The molecule has 4 saturated carbocycles. The van der Waals surface area contributed by atoms with E-state index < -0.39 is 17.5 Å². The number of carboxylic acid groups (broad SMARTS) is 1. The fourth-order valence-electron chi connectivity index (χ4n) is 13.1. The molecule has 10 rings (SSSR count). The van der Waals surface area contributed by atoms with E-state index in [2.05, 4.69) is 49.3 Å². The third kappa shape index (κ3) is 5.98. The molecule has 4 aliphatic carbocycles. The Balaban J connectivity index is 0.833. The summed E-state index contributed by atoms with van der Waals surface area (Å²) in [5, 5.41) is 31.2.